The molecule has 1 aromatic carbocycles. The molecule has 0 saturated heterocycles. The summed E-state index contributed by atoms with van der Waals surface area (Å²) in [5, 5.41) is 4.51. The lowest BCUT2D eigenvalue weighted by Gasteiger charge is -2.36. The minimum absolute atomic E-state index is 0.781. The Labute approximate surface area is 135 Å². The van der Waals surface area contributed by atoms with E-state index in [1.54, 1.807) is 0 Å². The van der Waals surface area contributed by atoms with Gasteiger partial charge in [0.05, 0.1) is 0 Å². The molecule has 3 atom stereocenters. The van der Waals surface area contributed by atoms with E-state index in [0.717, 1.165) is 35.7 Å². The highest BCUT2D eigenvalue weighted by Crippen LogP contribution is 2.38. The van der Waals surface area contributed by atoms with Gasteiger partial charge in [-0.25, -0.2) is 0 Å². The van der Waals surface area contributed by atoms with E-state index in [1.165, 1.54) is 43.4 Å². The number of nitrogens with one attached hydrogen (secondary N) is 1. The zero-order valence-corrected chi connectivity index (χ0v) is 14.5. The fourth-order valence-electron chi connectivity index (χ4n) is 3.74. The SMILES string of the molecule is CCNCC1CCC(CC)CC1Cc1ccc(C)cc1Cl. The van der Waals surface area contributed by atoms with Crippen molar-refractivity contribution in [3.63, 3.8) is 0 Å². The summed E-state index contributed by atoms with van der Waals surface area (Å²) in [6.45, 7) is 8.89. The topological polar surface area (TPSA) is 12.0 Å². The first-order valence-electron chi connectivity index (χ1n) is 8.59. The molecule has 1 aliphatic rings. The van der Waals surface area contributed by atoms with Crippen molar-refractivity contribution in [3.05, 3.63) is 34.3 Å². The van der Waals surface area contributed by atoms with Crippen LogP contribution in [0.2, 0.25) is 5.02 Å². The van der Waals surface area contributed by atoms with E-state index in [-0.39, 0.29) is 0 Å². The number of halogens is 1. The average molecular weight is 308 g/mol. The summed E-state index contributed by atoms with van der Waals surface area (Å²) < 4.78 is 0. The summed E-state index contributed by atoms with van der Waals surface area (Å²) in [7, 11) is 0. The van der Waals surface area contributed by atoms with Gasteiger partial charge in [0.2, 0.25) is 0 Å². The Bertz CT molecular complexity index is 443. The van der Waals surface area contributed by atoms with Crippen molar-refractivity contribution in [2.24, 2.45) is 17.8 Å². The van der Waals surface area contributed by atoms with E-state index in [1.807, 2.05) is 0 Å². The largest absolute Gasteiger partial charge is 0.317 e. The standard InChI is InChI=1S/C19H30ClN/c1-4-15-7-9-17(13-21-5-2)18(11-15)12-16-8-6-14(3)10-19(16)20/h6,8,10,15,17-18,21H,4-5,7,9,11-13H2,1-3H3. The first-order valence-corrected chi connectivity index (χ1v) is 8.97. The van der Waals surface area contributed by atoms with Crippen LogP contribution < -0.4 is 5.32 Å². The van der Waals surface area contributed by atoms with Crippen molar-refractivity contribution in [1.82, 2.24) is 5.32 Å². The first kappa shape index (κ1) is 16.8. The van der Waals surface area contributed by atoms with E-state index < -0.39 is 0 Å². The van der Waals surface area contributed by atoms with Crippen molar-refractivity contribution in [1.29, 1.82) is 0 Å². The summed E-state index contributed by atoms with van der Waals surface area (Å²) in [4.78, 5) is 0. The number of benzene rings is 1. The van der Waals surface area contributed by atoms with Crippen molar-refractivity contribution in [2.75, 3.05) is 13.1 Å². The van der Waals surface area contributed by atoms with Gasteiger partial charge < -0.3 is 5.32 Å². The van der Waals surface area contributed by atoms with E-state index in [4.69, 9.17) is 11.6 Å². The first-order chi connectivity index (χ1) is 10.1. The van der Waals surface area contributed by atoms with Gasteiger partial charge in [-0.2, -0.15) is 0 Å². The monoisotopic (exact) mass is 307 g/mol. The minimum Gasteiger partial charge on any atom is -0.317 e. The third-order valence-corrected chi connectivity index (χ3v) is 5.52. The maximum atomic E-state index is 6.46. The Balaban J connectivity index is 2.07. The van der Waals surface area contributed by atoms with Gasteiger partial charge in [0, 0.05) is 5.02 Å². The highest BCUT2D eigenvalue weighted by Gasteiger charge is 2.29. The molecule has 2 rings (SSSR count). The Morgan fingerprint density at radius 2 is 2.00 bits per heavy atom. The Morgan fingerprint density at radius 3 is 2.67 bits per heavy atom. The molecule has 1 nitrogen and oxygen atoms in total. The second-order valence-electron chi connectivity index (χ2n) is 6.71. The zero-order chi connectivity index (χ0) is 15.2. The van der Waals surface area contributed by atoms with Gasteiger partial charge >= 0.3 is 0 Å². The summed E-state index contributed by atoms with van der Waals surface area (Å²) in [5.74, 6) is 2.50. The van der Waals surface area contributed by atoms with Crippen LogP contribution in [0.25, 0.3) is 0 Å². The number of aryl methyl sites for hydroxylation is 1. The molecule has 0 radical (unpaired) electrons. The molecular weight excluding hydrogens is 278 g/mol. The lowest BCUT2D eigenvalue weighted by atomic mass is 9.71. The van der Waals surface area contributed by atoms with E-state index in [9.17, 15) is 0 Å². The van der Waals surface area contributed by atoms with E-state index >= 15 is 0 Å². The van der Waals surface area contributed by atoms with Gasteiger partial charge in [-0.3, -0.25) is 0 Å². The molecule has 2 heteroatoms. The van der Waals surface area contributed by atoms with Crippen LogP contribution in [0.1, 0.15) is 50.7 Å². The van der Waals surface area contributed by atoms with Crippen LogP contribution in [-0.2, 0) is 6.42 Å². The molecule has 1 saturated carbocycles. The van der Waals surface area contributed by atoms with Gasteiger partial charge in [-0.15, -0.1) is 0 Å². The van der Waals surface area contributed by atoms with Crippen LogP contribution in [0.4, 0.5) is 0 Å². The van der Waals surface area contributed by atoms with E-state index in [2.05, 4.69) is 44.3 Å². The average Bonchev–Trinajstić information content (AvgIpc) is 2.48. The Kier molecular flexibility index (Phi) is 6.57. The molecule has 118 valence electrons. The van der Waals surface area contributed by atoms with Crippen LogP contribution in [0.5, 0.6) is 0 Å². The van der Waals surface area contributed by atoms with Crippen molar-refractivity contribution in [3.8, 4) is 0 Å². The normalized spacial score (nSPS) is 26.0. The number of hydrogen-bond acceptors (Lipinski definition) is 1. The van der Waals surface area contributed by atoms with Gasteiger partial charge in [0.15, 0.2) is 0 Å². The number of hydrogen-bond donors (Lipinski definition) is 1. The van der Waals surface area contributed by atoms with Crippen molar-refractivity contribution < 1.29 is 0 Å². The second-order valence-corrected chi connectivity index (χ2v) is 7.12. The maximum absolute atomic E-state index is 6.46. The third-order valence-electron chi connectivity index (χ3n) is 5.17. The van der Waals surface area contributed by atoms with Crippen LogP contribution >= 0.6 is 11.6 Å². The highest BCUT2D eigenvalue weighted by molar-refractivity contribution is 6.31. The molecule has 3 unspecified atom stereocenters. The molecule has 0 aliphatic heterocycles. The highest BCUT2D eigenvalue weighted by atomic mass is 35.5. The van der Waals surface area contributed by atoms with Crippen molar-refractivity contribution >= 4 is 11.6 Å². The molecule has 21 heavy (non-hydrogen) atoms. The summed E-state index contributed by atoms with van der Waals surface area (Å²) in [6.07, 6.45) is 6.62. The fourth-order valence-corrected chi connectivity index (χ4v) is 4.06. The molecule has 1 fully saturated rings. The Morgan fingerprint density at radius 1 is 1.19 bits per heavy atom. The van der Waals surface area contributed by atoms with Crippen LogP contribution in [-0.4, -0.2) is 13.1 Å². The molecule has 1 aromatic rings. The minimum atomic E-state index is 0.781. The smallest absolute Gasteiger partial charge is 0.0440 e. The summed E-state index contributed by atoms with van der Waals surface area (Å²) in [5.41, 5.74) is 2.59. The Hall–Kier alpha value is -0.530. The van der Waals surface area contributed by atoms with Gasteiger partial charge in [0.1, 0.15) is 0 Å². The molecule has 0 bridgehead atoms. The molecule has 0 amide bonds. The molecular formula is C19H30ClN. The molecule has 0 heterocycles. The predicted molar refractivity (Wildman–Crippen MR) is 93.0 cm³/mol. The van der Waals surface area contributed by atoms with E-state index in [0.29, 0.717) is 0 Å². The van der Waals surface area contributed by atoms with Crippen molar-refractivity contribution in [2.45, 2.75) is 52.9 Å². The zero-order valence-electron chi connectivity index (χ0n) is 13.8. The quantitative estimate of drug-likeness (QED) is 0.757. The van der Waals surface area contributed by atoms with Crippen LogP contribution in [0, 0.1) is 24.7 Å². The third kappa shape index (κ3) is 4.72. The molecule has 0 aromatic heterocycles. The second kappa shape index (κ2) is 8.19. The molecule has 1 N–H and O–H groups in total. The lowest BCUT2D eigenvalue weighted by molar-refractivity contribution is 0.172. The molecule has 0 spiro atoms. The number of rotatable bonds is 6. The predicted octanol–water partition coefficient (Wildman–Crippen LogP) is 5.24. The van der Waals surface area contributed by atoms with Crippen LogP contribution in [0.3, 0.4) is 0 Å². The lowest BCUT2D eigenvalue weighted by Crippen LogP contribution is -2.34. The fraction of sp³-hybridized carbons (Fsp3) is 0.684. The summed E-state index contributed by atoms with van der Waals surface area (Å²) >= 11 is 6.46. The van der Waals surface area contributed by atoms with Gasteiger partial charge in [0.25, 0.3) is 0 Å². The maximum Gasteiger partial charge on any atom is 0.0440 e. The van der Waals surface area contributed by atoms with Gasteiger partial charge in [-0.05, 0) is 74.2 Å². The molecule has 1 aliphatic carbocycles. The van der Waals surface area contributed by atoms with Crippen LogP contribution in [0.15, 0.2) is 18.2 Å². The van der Waals surface area contributed by atoms with Gasteiger partial charge in [-0.1, -0.05) is 50.4 Å². The summed E-state index contributed by atoms with van der Waals surface area (Å²) in [6, 6.07) is 6.54.